The Balaban J connectivity index is 2.06. The molecule has 19 heavy (non-hydrogen) atoms. The van der Waals surface area contributed by atoms with Crippen molar-refractivity contribution in [2.24, 2.45) is 0 Å². The molecule has 2 aromatic heterocycles. The topological polar surface area (TPSA) is 133 Å². The number of aliphatic hydroxyl groups is 3. The van der Waals surface area contributed by atoms with Crippen LogP contribution in [0.15, 0.2) is 17.4 Å². The van der Waals surface area contributed by atoms with Crippen molar-refractivity contribution in [2.45, 2.75) is 24.5 Å². The number of aliphatic hydroxyl groups excluding tert-OH is 3. The number of hydrogen-bond donors (Lipinski definition) is 4. The summed E-state index contributed by atoms with van der Waals surface area (Å²) in [5.41, 5.74) is -0.0608. The zero-order valence-corrected chi connectivity index (χ0v) is 9.67. The van der Waals surface area contributed by atoms with Crippen molar-refractivity contribution in [3.8, 4) is 0 Å². The molecule has 4 atom stereocenters. The maximum Gasteiger partial charge on any atom is 0.278 e. The molecule has 9 nitrogen and oxygen atoms in total. The molecule has 1 aliphatic heterocycles. The van der Waals surface area contributed by atoms with E-state index in [1.165, 1.54) is 17.2 Å². The molecule has 2 aromatic rings. The van der Waals surface area contributed by atoms with Crippen LogP contribution in [0, 0.1) is 0 Å². The van der Waals surface area contributed by atoms with Gasteiger partial charge >= 0.3 is 0 Å². The van der Waals surface area contributed by atoms with Gasteiger partial charge in [-0.3, -0.25) is 9.36 Å². The number of rotatable bonds is 2. The average Bonchev–Trinajstić information content (AvgIpc) is 2.94. The Hall–Kier alpha value is -1.81. The van der Waals surface area contributed by atoms with E-state index >= 15 is 0 Å². The number of aromatic nitrogens is 4. The summed E-state index contributed by atoms with van der Waals surface area (Å²) in [7, 11) is 0. The van der Waals surface area contributed by atoms with E-state index in [1.807, 2.05) is 0 Å². The number of ether oxygens (including phenoxy) is 1. The van der Waals surface area contributed by atoms with Crippen molar-refractivity contribution < 1.29 is 20.1 Å². The summed E-state index contributed by atoms with van der Waals surface area (Å²) in [5.74, 6) is 0. The molecule has 0 aliphatic carbocycles. The minimum Gasteiger partial charge on any atom is -0.394 e. The molecule has 1 fully saturated rings. The third kappa shape index (κ3) is 1.75. The molecule has 9 heteroatoms. The summed E-state index contributed by atoms with van der Waals surface area (Å²) >= 11 is 0. The maximum absolute atomic E-state index is 11.5. The van der Waals surface area contributed by atoms with E-state index in [9.17, 15) is 15.0 Å². The molecule has 4 N–H and O–H groups in total. The lowest BCUT2D eigenvalue weighted by Gasteiger charge is -2.16. The fourth-order valence-corrected chi connectivity index (χ4v) is 2.16. The molecular formula is C10H12N4O5. The third-order valence-corrected chi connectivity index (χ3v) is 3.16. The second kappa shape index (κ2) is 4.38. The highest BCUT2D eigenvalue weighted by atomic mass is 16.8. The molecular weight excluding hydrogens is 261 g/mol. The van der Waals surface area contributed by atoms with Crippen LogP contribution in [0.5, 0.6) is 0 Å². The number of nitrogens with one attached hydrogen (secondary N) is 1. The number of imidazole rings is 1. The second-order valence-corrected chi connectivity index (χ2v) is 4.28. The molecule has 0 radical (unpaired) electrons. The summed E-state index contributed by atoms with van der Waals surface area (Å²) in [6.07, 6.45) is -1.78. The third-order valence-electron chi connectivity index (χ3n) is 3.16. The highest BCUT2D eigenvalue weighted by Gasteiger charge is 2.43. The fourth-order valence-electron chi connectivity index (χ4n) is 2.16. The summed E-state index contributed by atoms with van der Waals surface area (Å²) in [6, 6.07) is 0. The van der Waals surface area contributed by atoms with E-state index in [0.29, 0.717) is 0 Å². The number of fused-ring (bicyclic) bond motifs is 1. The fraction of sp³-hybridized carbons (Fsp3) is 0.500. The summed E-state index contributed by atoms with van der Waals surface area (Å²) in [6.45, 7) is -0.421. The van der Waals surface area contributed by atoms with Gasteiger partial charge in [-0.1, -0.05) is 0 Å². The number of nitrogens with zero attached hydrogens (tertiary/aromatic N) is 3. The van der Waals surface area contributed by atoms with Crippen LogP contribution in [0.25, 0.3) is 11.2 Å². The number of hydrogen-bond acceptors (Lipinski definition) is 7. The smallest absolute Gasteiger partial charge is 0.278 e. The molecule has 0 bridgehead atoms. The molecule has 102 valence electrons. The van der Waals surface area contributed by atoms with Crippen LogP contribution in [-0.4, -0.2) is 59.8 Å². The van der Waals surface area contributed by atoms with Gasteiger partial charge in [0.15, 0.2) is 17.4 Å². The minimum absolute atomic E-state index is 0.111. The molecule has 0 amide bonds. The van der Waals surface area contributed by atoms with Crippen molar-refractivity contribution in [1.29, 1.82) is 0 Å². The molecule has 3 unspecified atom stereocenters. The molecule has 3 heterocycles. The Bertz CT molecular complexity index is 653. The molecule has 1 aliphatic rings. The van der Waals surface area contributed by atoms with Crippen LogP contribution in [0.3, 0.4) is 0 Å². The van der Waals surface area contributed by atoms with Crippen LogP contribution in [-0.2, 0) is 4.74 Å². The van der Waals surface area contributed by atoms with E-state index in [0.717, 1.165) is 0 Å². The number of H-pyrrole nitrogens is 1. The quantitative estimate of drug-likeness (QED) is 0.453. The largest absolute Gasteiger partial charge is 0.394 e. The normalized spacial score (nSPS) is 31.1. The molecule has 3 rings (SSSR count). The van der Waals surface area contributed by atoms with Gasteiger partial charge in [0.25, 0.3) is 5.56 Å². The van der Waals surface area contributed by atoms with Crippen LogP contribution in [0.2, 0.25) is 0 Å². The van der Waals surface area contributed by atoms with Gasteiger partial charge < -0.3 is 25.0 Å². The number of aromatic amines is 1. The molecule has 1 saturated heterocycles. The van der Waals surface area contributed by atoms with Gasteiger partial charge in [-0.2, -0.15) is 0 Å². The highest BCUT2D eigenvalue weighted by molar-refractivity contribution is 5.68. The van der Waals surface area contributed by atoms with Gasteiger partial charge in [0.1, 0.15) is 18.3 Å². The maximum atomic E-state index is 11.5. The minimum atomic E-state index is -1.24. The van der Waals surface area contributed by atoms with E-state index in [4.69, 9.17) is 9.84 Å². The Kier molecular flexibility index (Phi) is 2.82. The molecule has 0 saturated carbocycles. The van der Waals surface area contributed by atoms with Gasteiger partial charge in [0, 0.05) is 0 Å². The first kappa shape index (κ1) is 12.2. The van der Waals surface area contributed by atoms with Gasteiger partial charge in [-0.05, 0) is 0 Å². The second-order valence-electron chi connectivity index (χ2n) is 4.28. The van der Waals surface area contributed by atoms with Gasteiger partial charge in [-0.15, -0.1) is 0 Å². The lowest BCUT2D eigenvalue weighted by Crippen LogP contribution is -2.33. The average molecular weight is 273 g/mol. The predicted octanol–water partition coefficient (Wildman–Crippen LogP) is -2.27. The zero-order valence-electron chi connectivity index (χ0n) is 9.67. The lowest BCUT2D eigenvalue weighted by molar-refractivity contribution is -0.0511. The first-order valence-electron chi connectivity index (χ1n) is 5.66. The Morgan fingerprint density at radius 1 is 1.37 bits per heavy atom. The molecule has 0 aromatic carbocycles. The zero-order chi connectivity index (χ0) is 13.6. The molecule has 0 spiro atoms. The highest BCUT2D eigenvalue weighted by Crippen LogP contribution is 2.30. The van der Waals surface area contributed by atoms with Crippen molar-refractivity contribution >= 4 is 11.2 Å². The van der Waals surface area contributed by atoms with Gasteiger partial charge in [-0.25, -0.2) is 9.97 Å². The van der Waals surface area contributed by atoms with Crippen molar-refractivity contribution in [3.05, 3.63) is 23.0 Å². The van der Waals surface area contributed by atoms with Crippen molar-refractivity contribution in [1.82, 2.24) is 19.5 Å². The lowest BCUT2D eigenvalue weighted by atomic mass is 10.5. The Labute approximate surface area is 106 Å². The first-order chi connectivity index (χ1) is 9.13. The first-order valence-corrected chi connectivity index (χ1v) is 5.66. The van der Waals surface area contributed by atoms with Crippen LogP contribution in [0.4, 0.5) is 0 Å². The van der Waals surface area contributed by atoms with E-state index in [-0.39, 0.29) is 11.2 Å². The van der Waals surface area contributed by atoms with Gasteiger partial charge in [0.05, 0.1) is 19.3 Å². The Morgan fingerprint density at radius 2 is 2.16 bits per heavy atom. The predicted molar refractivity (Wildman–Crippen MR) is 61.2 cm³/mol. The summed E-state index contributed by atoms with van der Waals surface area (Å²) in [5, 5.41) is 28.6. The van der Waals surface area contributed by atoms with Crippen LogP contribution >= 0.6 is 0 Å². The Morgan fingerprint density at radius 3 is 2.84 bits per heavy atom. The van der Waals surface area contributed by atoms with E-state index in [2.05, 4.69) is 15.0 Å². The summed E-state index contributed by atoms with van der Waals surface area (Å²) < 4.78 is 6.70. The summed E-state index contributed by atoms with van der Waals surface area (Å²) in [4.78, 5) is 21.8. The van der Waals surface area contributed by atoms with Crippen molar-refractivity contribution in [3.63, 3.8) is 0 Å². The standard InChI is InChI=1S/C10H12N4O5/c15-1-4-6(16)7(17)10(19-4)14-3-13-5-8(14)11-2-12-9(5)18/h2-4,6-7,10,15-17H,1H2,(H,11,12,18)/t4?,6?,7?,10-/m1/s1/i1+1,4+1,6+1,7+1,10+1. The van der Waals surface area contributed by atoms with Crippen LogP contribution < -0.4 is 5.56 Å². The van der Waals surface area contributed by atoms with Crippen molar-refractivity contribution in [2.75, 3.05) is 6.61 Å². The SMILES string of the molecule is O=c1[nH]cnc2c1ncn2[13C@@H]1O[13CH]([13CH2]O)[13CH](O)[13CH]1O. The van der Waals surface area contributed by atoms with Crippen LogP contribution in [0.1, 0.15) is 6.23 Å². The monoisotopic (exact) mass is 273 g/mol. The van der Waals surface area contributed by atoms with E-state index in [1.54, 1.807) is 0 Å². The van der Waals surface area contributed by atoms with E-state index < -0.39 is 36.7 Å². The van der Waals surface area contributed by atoms with Gasteiger partial charge in [0.2, 0.25) is 0 Å².